The van der Waals surface area contributed by atoms with E-state index in [1.165, 1.54) is 6.20 Å². The van der Waals surface area contributed by atoms with Crippen LogP contribution in [0.15, 0.2) is 17.3 Å². The average Bonchev–Trinajstić information content (AvgIpc) is 1.93. The van der Waals surface area contributed by atoms with E-state index in [1.54, 1.807) is 6.07 Å². The summed E-state index contributed by atoms with van der Waals surface area (Å²) in [4.78, 5) is 0. The predicted octanol–water partition coefficient (Wildman–Crippen LogP) is 1.23. The van der Waals surface area contributed by atoms with Gasteiger partial charge in [0.1, 0.15) is 0 Å². The first-order chi connectivity index (χ1) is 4.63. The van der Waals surface area contributed by atoms with Crippen molar-refractivity contribution in [1.29, 1.82) is 0 Å². The van der Waals surface area contributed by atoms with Crippen molar-refractivity contribution in [3.63, 3.8) is 0 Å². The molecular weight excluding hydrogens is 146 g/mol. The molecule has 1 heterocycles. The van der Waals surface area contributed by atoms with E-state index in [0.29, 0.717) is 5.03 Å². The summed E-state index contributed by atoms with van der Waals surface area (Å²) in [5.74, 6) is 0. The maximum Gasteiger partial charge on any atom is 0.251 e. The molecule has 0 aliphatic rings. The van der Waals surface area contributed by atoms with Gasteiger partial charge in [-0.2, -0.15) is 4.73 Å². The van der Waals surface area contributed by atoms with Gasteiger partial charge in [-0.1, -0.05) is 12.6 Å². The quantitative estimate of drug-likeness (QED) is 0.340. The number of nitrogens with zero attached hydrogens (tertiary/aromatic N) is 1. The van der Waals surface area contributed by atoms with E-state index in [4.69, 9.17) is 0 Å². The lowest BCUT2D eigenvalue weighted by Gasteiger charge is -2.03. The SMILES string of the molecule is Cc1cc[n+]([O-])c(S)c1C. The zero-order valence-electron chi connectivity index (χ0n) is 5.96. The molecule has 1 aromatic rings. The fraction of sp³-hybridized carbons (Fsp3) is 0.286. The minimum atomic E-state index is 0.486. The normalized spacial score (nSPS) is 9.90. The van der Waals surface area contributed by atoms with Crippen molar-refractivity contribution in [2.75, 3.05) is 0 Å². The zero-order chi connectivity index (χ0) is 7.72. The van der Waals surface area contributed by atoms with Gasteiger partial charge in [-0.05, 0) is 19.4 Å². The second-order valence-corrected chi connectivity index (χ2v) is 2.70. The molecule has 0 bridgehead atoms. The van der Waals surface area contributed by atoms with Gasteiger partial charge in [-0.3, -0.25) is 0 Å². The average molecular weight is 155 g/mol. The molecule has 1 rings (SSSR count). The smallest absolute Gasteiger partial charge is 0.251 e. The van der Waals surface area contributed by atoms with Gasteiger partial charge >= 0.3 is 0 Å². The third-order valence-electron chi connectivity index (χ3n) is 1.60. The fourth-order valence-corrected chi connectivity index (χ4v) is 0.960. The second-order valence-electron chi connectivity index (χ2n) is 2.27. The minimum absolute atomic E-state index is 0.486. The Balaban J connectivity index is 3.34. The number of thiol groups is 1. The van der Waals surface area contributed by atoms with E-state index in [1.807, 2.05) is 13.8 Å². The molecule has 0 radical (unpaired) electrons. The number of aromatic nitrogens is 1. The van der Waals surface area contributed by atoms with E-state index < -0.39 is 0 Å². The van der Waals surface area contributed by atoms with E-state index in [9.17, 15) is 5.21 Å². The first kappa shape index (κ1) is 7.41. The summed E-state index contributed by atoms with van der Waals surface area (Å²) in [5.41, 5.74) is 2.04. The second kappa shape index (κ2) is 2.50. The predicted molar refractivity (Wildman–Crippen MR) is 42.1 cm³/mol. The molecule has 10 heavy (non-hydrogen) atoms. The van der Waals surface area contributed by atoms with Crippen LogP contribution in [0.5, 0.6) is 0 Å². The Morgan fingerprint density at radius 3 is 2.60 bits per heavy atom. The van der Waals surface area contributed by atoms with Crippen molar-refractivity contribution < 1.29 is 4.73 Å². The maximum absolute atomic E-state index is 10.8. The van der Waals surface area contributed by atoms with E-state index >= 15 is 0 Å². The minimum Gasteiger partial charge on any atom is -0.618 e. The fourth-order valence-electron chi connectivity index (χ4n) is 0.717. The lowest BCUT2D eigenvalue weighted by molar-refractivity contribution is -0.645. The molecular formula is C7H9NOS. The van der Waals surface area contributed by atoms with Crippen molar-refractivity contribution >= 4 is 12.6 Å². The van der Waals surface area contributed by atoms with Crippen LogP contribution in [0.1, 0.15) is 11.1 Å². The Morgan fingerprint density at radius 1 is 1.50 bits per heavy atom. The largest absolute Gasteiger partial charge is 0.618 e. The highest BCUT2D eigenvalue weighted by Gasteiger charge is 2.04. The molecule has 54 valence electrons. The third-order valence-corrected chi connectivity index (χ3v) is 2.13. The zero-order valence-corrected chi connectivity index (χ0v) is 6.85. The highest BCUT2D eigenvalue weighted by Crippen LogP contribution is 2.10. The van der Waals surface area contributed by atoms with Crippen molar-refractivity contribution in [3.05, 3.63) is 28.6 Å². The number of rotatable bonds is 0. The van der Waals surface area contributed by atoms with Gasteiger partial charge < -0.3 is 5.21 Å². The summed E-state index contributed by atoms with van der Waals surface area (Å²) in [6, 6.07) is 1.78. The maximum atomic E-state index is 10.8. The van der Waals surface area contributed by atoms with Crippen molar-refractivity contribution in [1.82, 2.24) is 0 Å². The molecule has 0 N–H and O–H groups in total. The first-order valence-electron chi connectivity index (χ1n) is 3.01. The Labute approximate surface area is 65.5 Å². The lowest BCUT2D eigenvalue weighted by atomic mass is 10.2. The summed E-state index contributed by atoms with van der Waals surface area (Å²) in [5, 5.41) is 11.3. The standard InChI is InChI=1S/C7H9NOS/c1-5-3-4-8(9)7(10)6(5)2/h3-4,10H,1-2H3. The highest BCUT2D eigenvalue weighted by atomic mass is 32.1. The molecule has 3 heteroatoms. The Hall–Kier alpha value is -0.700. The number of hydrogen-bond acceptors (Lipinski definition) is 2. The highest BCUT2D eigenvalue weighted by molar-refractivity contribution is 7.80. The van der Waals surface area contributed by atoms with Crippen molar-refractivity contribution in [2.45, 2.75) is 18.9 Å². The number of hydrogen-bond donors (Lipinski definition) is 1. The summed E-state index contributed by atoms with van der Waals surface area (Å²) in [6.45, 7) is 3.83. The summed E-state index contributed by atoms with van der Waals surface area (Å²) in [7, 11) is 0. The summed E-state index contributed by atoms with van der Waals surface area (Å²) in [6.07, 6.45) is 1.46. The van der Waals surface area contributed by atoms with Gasteiger partial charge in [0.05, 0.1) is 0 Å². The monoisotopic (exact) mass is 155 g/mol. The molecule has 0 aliphatic carbocycles. The molecule has 0 amide bonds. The van der Waals surface area contributed by atoms with Crippen LogP contribution in [0, 0.1) is 19.1 Å². The summed E-state index contributed by atoms with van der Waals surface area (Å²) >= 11 is 4.03. The molecule has 0 atom stereocenters. The molecule has 0 unspecified atom stereocenters. The van der Waals surface area contributed by atoms with Gasteiger partial charge in [0.15, 0.2) is 6.20 Å². The van der Waals surface area contributed by atoms with Gasteiger partial charge in [0.2, 0.25) is 0 Å². The van der Waals surface area contributed by atoms with Crippen LogP contribution in [-0.4, -0.2) is 0 Å². The Kier molecular flexibility index (Phi) is 1.85. The van der Waals surface area contributed by atoms with Crippen LogP contribution < -0.4 is 4.73 Å². The van der Waals surface area contributed by atoms with E-state index in [2.05, 4.69) is 12.6 Å². The van der Waals surface area contributed by atoms with Gasteiger partial charge in [-0.15, -0.1) is 0 Å². The van der Waals surface area contributed by atoms with Crippen LogP contribution in [0.25, 0.3) is 0 Å². The molecule has 1 aromatic heterocycles. The van der Waals surface area contributed by atoms with Crippen LogP contribution in [-0.2, 0) is 0 Å². The van der Waals surface area contributed by atoms with Crippen LogP contribution in [0.2, 0.25) is 0 Å². The molecule has 0 fully saturated rings. The van der Waals surface area contributed by atoms with Gasteiger partial charge in [0.25, 0.3) is 5.03 Å². The number of pyridine rings is 1. The molecule has 0 saturated carbocycles. The number of aryl methyl sites for hydroxylation is 1. The molecule has 2 nitrogen and oxygen atoms in total. The van der Waals surface area contributed by atoms with Crippen molar-refractivity contribution in [3.8, 4) is 0 Å². The molecule has 0 saturated heterocycles. The summed E-state index contributed by atoms with van der Waals surface area (Å²) < 4.78 is 0.755. The Bertz CT molecular complexity index is 233. The van der Waals surface area contributed by atoms with Crippen molar-refractivity contribution in [2.24, 2.45) is 0 Å². The van der Waals surface area contributed by atoms with Gasteiger partial charge in [0, 0.05) is 11.6 Å². The topological polar surface area (TPSA) is 26.9 Å². The lowest BCUT2D eigenvalue weighted by Crippen LogP contribution is -2.28. The third kappa shape index (κ3) is 1.09. The van der Waals surface area contributed by atoms with E-state index in [-0.39, 0.29) is 0 Å². The Morgan fingerprint density at radius 2 is 2.10 bits per heavy atom. The molecule has 0 aliphatic heterocycles. The molecule has 0 aromatic carbocycles. The van der Waals surface area contributed by atoms with Crippen LogP contribution >= 0.6 is 12.6 Å². The van der Waals surface area contributed by atoms with Gasteiger partial charge in [-0.25, -0.2) is 0 Å². The van der Waals surface area contributed by atoms with Crippen LogP contribution in [0.3, 0.4) is 0 Å². The van der Waals surface area contributed by atoms with Crippen LogP contribution in [0.4, 0.5) is 0 Å². The first-order valence-corrected chi connectivity index (χ1v) is 3.46. The van der Waals surface area contributed by atoms with E-state index in [0.717, 1.165) is 15.9 Å². The molecule has 0 spiro atoms.